The Hall–Kier alpha value is -4.48. The SMILES string of the molecule is Nc1c(-c2ccn3nccc3c2)c(=O)n(-c2ccc(OC(F)F)cc2)c2cc(C(F)(F)F)cnc12. The highest BCUT2D eigenvalue weighted by molar-refractivity contribution is 5.97. The van der Waals surface area contributed by atoms with Gasteiger partial charge in [-0.1, -0.05) is 0 Å². The van der Waals surface area contributed by atoms with Gasteiger partial charge >= 0.3 is 12.8 Å². The van der Waals surface area contributed by atoms with Crippen LogP contribution in [0, 0.1) is 0 Å². The van der Waals surface area contributed by atoms with Crippen LogP contribution in [0.15, 0.2) is 71.9 Å². The molecule has 2 N–H and O–H groups in total. The molecule has 5 rings (SSSR count). The zero-order chi connectivity index (χ0) is 24.9. The van der Waals surface area contributed by atoms with Gasteiger partial charge in [0.05, 0.1) is 27.8 Å². The highest BCUT2D eigenvalue weighted by Gasteiger charge is 2.32. The number of hydrogen-bond acceptors (Lipinski definition) is 5. The molecule has 0 radical (unpaired) electrons. The molecule has 0 bridgehead atoms. The summed E-state index contributed by atoms with van der Waals surface area (Å²) in [7, 11) is 0. The van der Waals surface area contributed by atoms with Crippen LogP contribution in [0.1, 0.15) is 5.56 Å². The molecule has 4 aromatic heterocycles. The molecule has 0 aliphatic heterocycles. The van der Waals surface area contributed by atoms with Crippen LogP contribution in [0.2, 0.25) is 0 Å². The minimum atomic E-state index is -4.72. The van der Waals surface area contributed by atoms with Gasteiger partial charge in [0.25, 0.3) is 5.56 Å². The first kappa shape index (κ1) is 22.3. The van der Waals surface area contributed by atoms with E-state index in [9.17, 15) is 26.7 Å². The fourth-order valence-corrected chi connectivity index (χ4v) is 3.83. The van der Waals surface area contributed by atoms with Crippen LogP contribution < -0.4 is 16.0 Å². The zero-order valence-electron chi connectivity index (χ0n) is 17.5. The third kappa shape index (κ3) is 3.92. The van der Waals surface area contributed by atoms with Gasteiger partial charge in [-0.05, 0) is 54.1 Å². The Morgan fingerprint density at radius 2 is 1.77 bits per heavy atom. The van der Waals surface area contributed by atoms with E-state index in [-0.39, 0.29) is 33.7 Å². The number of benzene rings is 1. The fraction of sp³-hybridized carbons (Fsp3) is 0.0870. The largest absolute Gasteiger partial charge is 0.435 e. The Morgan fingerprint density at radius 3 is 2.46 bits per heavy atom. The summed E-state index contributed by atoms with van der Waals surface area (Å²) in [6.45, 7) is -3.07. The van der Waals surface area contributed by atoms with Crippen molar-refractivity contribution >= 4 is 22.2 Å². The quantitative estimate of drug-likeness (QED) is 0.365. The predicted molar refractivity (Wildman–Crippen MR) is 118 cm³/mol. The lowest BCUT2D eigenvalue weighted by Gasteiger charge is -2.17. The molecule has 0 amide bonds. The average Bonchev–Trinajstić information content (AvgIpc) is 3.27. The highest BCUT2D eigenvalue weighted by atomic mass is 19.4. The highest BCUT2D eigenvalue weighted by Crippen LogP contribution is 2.35. The standard InChI is InChI=1S/C23H14F5N5O2/c24-22(25)35-16-3-1-14(2-4-16)33-17-10-13(23(26,27)28)11-30-20(17)19(29)18(21(33)34)12-6-8-32-15(9-12)5-7-31-32/h1-11,22H,29H2. The van der Waals surface area contributed by atoms with Gasteiger partial charge in [0.1, 0.15) is 11.3 Å². The normalized spacial score (nSPS) is 12.1. The van der Waals surface area contributed by atoms with Gasteiger partial charge in [-0.25, -0.2) is 4.52 Å². The van der Waals surface area contributed by atoms with Crippen LogP contribution in [0.4, 0.5) is 27.6 Å². The van der Waals surface area contributed by atoms with E-state index in [1.807, 2.05) is 0 Å². The summed E-state index contributed by atoms with van der Waals surface area (Å²) in [6.07, 6.45) is -0.923. The maximum Gasteiger partial charge on any atom is 0.417 e. The Bertz CT molecular complexity index is 1620. The van der Waals surface area contributed by atoms with Crippen molar-refractivity contribution in [3.8, 4) is 22.6 Å². The summed E-state index contributed by atoms with van der Waals surface area (Å²) in [6, 6.07) is 10.6. The molecule has 35 heavy (non-hydrogen) atoms. The number of ether oxygens (including phenoxy) is 1. The molecule has 0 aliphatic rings. The first-order chi connectivity index (χ1) is 16.6. The summed E-state index contributed by atoms with van der Waals surface area (Å²) in [5.74, 6) is -0.183. The lowest BCUT2D eigenvalue weighted by molar-refractivity contribution is -0.137. The van der Waals surface area contributed by atoms with Crippen molar-refractivity contribution in [3.05, 3.63) is 83.0 Å². The molecule has 178 valence electrons. The van der Waals surface area contributed by atoms with Gasteiger partial charge in [0.2, 0.25) is 0 Å². The van der Waals surface area contributed by atoms with Gasteiger partial charge in [-0.3, -0.25) is 14.3 Å². The van der Waals surface area contributed by atoms with Crippen molar-refractivity contribution in [2.45, 2.75) is 12.8 Å². The Labute approximate surface area is 192 Å². The Kier molecular flexibility index (Phi) is 5.15. The third-order valence-corrected chi connectivity index (χ3v) is 5.39. The van der Waals surface area contributed by atoms with Gasteiger partial charge in [-0.2, -0.15) is 27.1 Å². The molecule has 12 heteroatoms. The number of nitrogens with zero attached hydrogens (tertiary/aromatic N) is 4. The van der Waals surface area contributed by atoms with Crippen molar-refractivity contribution in [1.82, 2.24) is 19.2 Å². The number of hydrogen-bond donors (Lipinski definition) is 1. The van der Waals surface area contributed by atoms with Crippen LogP contribution in [-0.2, 0) is 6.18 Å². The molecule has 0 fully saturated rings. The minimum absolute atomic E-state index is 0.0152. The van der Waals surface area contributed by atoms with Gasteiger partial charge in [-0.15, -0.1) is 0 Å². The summed E-state index contributed by atoms with van der Waals surface area (Å²) >= 11 is 0. The van der Waals surface area contributed by atoms with E-state index in [4.69, 9.17) is 5.73 Å². The average molecular weight is 487 g/mol. The molecule has 1 aromatic carbocycles. The molecule has 7 nitrogen and oxygen atoms in total. The van der Waals surface area contributed by atoms with Crippen molar-refractivity contribution in [1.29, 1.82) is 0 Å². The van der Waals surface area contributed by atoms with E-state index in [1.165, 1.54) is 24.3 Å². The summed E-state index contributed by atoms with van der Waals surface area (Å²) in [5, 5.41) is 4.09. The third-order valence-electron chi connectivity index (χ3n) is 5.39. The number of nitrogen functional groups attached to an aromatic ring is 1. The van der Waals surface area contributed by atoms with E-state index in [2.05, 4.69) is 14.8 Å². The van der Waals surface area contributed by atoms with Crippen LogP contribution in [-0.4, -0.2) is 25.8 Å². The summed E-state index contributed by atoms with van der Waals surface area (Å²) < 4.78 is 72.3. The number of alkyl halides is 5. The molecule has 5 aromatic rings. The van der Waals surface area contributed by atoms with E-state index < -0.39 is 23.9 Å². The monoisotopic (exact) mass is 487 g/mol. The number of aromatic nitrogens is 4. The molecule has 0 saturated carbocycles. The minimum Gasteiger partial charge on any atom is -0.435 e. The fourth-order valence-electron chi connectivity index (χ4n) is 3.83. The molecule has 4 heterocycles. The summed E-state index contributed by atoms with van der Waals surface area (Å²) in [5.41, 5.74) is 5.32. The van der Waals surface area contributed by atoms with E-state index in [0.29, 0.717) is 17.3 Å². The first-order valence-corrected chi connectivity index (χ1v) is 10.0. The second-order valence-electron chi connectivity index (χ2n) is 7.51. The van der Waals surface area contributed by atoms with E-state index in [0.717, 1.165) is 10.6 Å². The zero-order valence-corrected chi connectivity index (χ0v) is 17.5. The van der Waals surface area contributed by atoms with E-state index >= 15 is 0 Å². The van der Waals surface area contributed by atoms with Gasteiger partial charge < -0.3 is 10.5 Å². The topological polar surface area (TPSA) is 87.4 Å². The van der Waals surface area contributed by atoms with Crippen molar-refractivity contribution < 1.29 is 26.7 Å². The number of halogens is 5. The number of pyridine rings is 3. The number of anilines is 1. The molecule has 0 unspecified atom stereocenters. The van der Waals surface area contributed by atoms with Gasteiger partial charge in [0, 0.05) is 24.3 Å². The second-order valence-corrected chi connectivity index (χ2v) is 7.51. The maximum atomic E-state index is 13.7. The van der Waals surface area contributed by atoms with Crippen LogP contribution in [0.5, 0.6) is 5.75 Å². The van der Waals surface area contributed by atoms with Crippen molar-refractivity contribution in [2.24, 2.45) is 0 Å². The van der Waals surface area contributed by atoms with E-state index in [1.54, 1.807) is 35.1 Å². The molecular formula is C23H14F5N5O2. The van der Waals surface area contributed by atoms with Crippen LogP contribution >= 0.6 is 0 Å². The Morgan fingerprint density at radius 1 is 1.03 bits per heavy atom. The lowest BCUT2D eigenvalue weighted by Crippen LogP contribution is -2.23. The smallest absolute Gasteiger partial charge is 0.417 e. The second kappa shape index (κ2) is 8.08. The predicted octanol–water partition coefficient (Wildman–Crippen LogP) is 4.90. The number of nitrogens with two attached hydrogens (primary N) is 1. The molecular weight excluding hydrogens is 473 g/mol. The number of rotatable bonds is 4. The molecule has 0 aliphatic carbocycles. The van der Waals surface area contributed by atoms with Gasteiger partial charge in [0.15, 0.2) is 0 Å². The first-order valence-electron chi connectivity index (χ1n) is 10.0. The van der Waals surface area contributed by atoms with Crippen LogP contribution in [0.3, 0.4) is 0 Å². The van der Waals surface area contributed by atoms with Crippen molar-refractivity contribution in [3.63, 3.8) is 0 Å². The maximum absolute atomic E-state index is 13.7. The summed E-state index contributed by atoms with van der Waals surface area (Å²) in [4.78, 5) is 17.6. The Balaban J connectivity index is 1.82. The number of fused-ring (bicyclic) bond motifs is 2. The lowest BCUT2D eigenvalue weighted by atomic mass is 10.0. The van der Waals surface area contributed by atoms with Crippen molar-refractivity contribution in [2.75, 3.05) is 5.73 Å². The molecule has 0 spiro atoms. The van der Waals surface area contributed by atoms with Crippen LogP contribution in [0.25, 0.3) is 33.4 Å². The molecule has 0 atom stereocenters. The molecule has 0 saturated heterocycles.